The van der Waals surface area contributed by atoms with Crippen LogP contribution >= 0.6 is 23.2 Å². The van der Waals surface area contributed by atoms with Crippen molar-refractivity contribution >= 4 is 23.2 Å². The van der Waals surface area contributed by atoms with Crippen molar-refractivity contribution < 1.29 is 0 Å². The highest BCUT2D eigenvalue weighted by molar-refractivity contribution is 6.33. The maximum absolute atomic E-state index is 12.3. The first kappa shape index (κ1) is 14.8. The van der Waals surface area contributed by atoms with E-state index in [4.69, 9.17) is 23.2 Å². The van der Waals surface area contributed by atoms with Gasteiger partial charge in [0.1, 0.15) is 0 Å². The zero-order valence-corrected chi connectivity index (χ0v) is 13.1. The molecular weight excluding hydrogens is 321 g/mol. The molecule has 0 aliphatic rings. The van der Waals surface area contributed by atoms with Gasteiger partial charge in [0.15, 0.2) is 0 Å². The molecule has 0 fully saturated rings. The highest BCUT2D eigenvalue weighted by atomic mass is 35.5. The van der Waals surface area contributed by atoms with Gasteiger partial charge in [0.05, 0.1) is 22.0 Å². The molecule has 1 N–H and O–H groups in total. The number of rotatable bonds is 2. The van der Waals surface area contributed by atoms with Crippen LogP contribution in [0.25, 0.3) is 22.4 Å². The first-order chi connectivity index (χ1) is 10.6. The lowest BCUT2D eigenvalue weighted by molar-refractivity contribution is 0.950. The smallest absolute Gasteiger partial charge is 0.267 e. The summed E-state index contributed by atoms with van der Waals surface area (Å²) in [7, 11) is 0. The lowest BCUT2D eigenvalue weighted by atomic mass is 9.97. The van der Waals surface area contributed by atoms with E-state index >= 15 is 0 Å². The van der Waals surface area contributed by atoms with Crippen molar-refractivity contribution in [1.82, 2.24) is 15.2 Å². The fourth-order valence-corrected chi connectivity index (χ4v) is 2.65. The summed E-state index contributed by atoms with van der Waals surface area (Å²) in [5.74, 6) is 0. The Labute approximate surface area is 136 Å². The van der Waals surface area contributed by atoms with Crippen molar-refractivity contribution in [3.63, 3.8) is 0 Å². The molecular formula is C16H11Cl2N3O. The Morgan fingerprint density at radius 3 is 2.45 bits per heavy atom. The summed E-state index contributed by atoms with van der Waals surface area (Å²) in [4.78, 5) is 16.6. The van der Waals surface area contributed by atoms with Gasteiger partial charge >= 0.3 is 0 Å². The van der Waals surface area contributed by atoms with Crippen LogP contribution in [0, 0.1) is 6.92 Å². The molecule has 0 radical (unpaired) electrons. The van der Waals surface area contributed by atoms with E-state index in [1.54, 1.807) is 30.5 Å². The Balaban J connectivity index is 2.36. The Bertz CT molecular complexity index is 889. The number of aryl methyl sites for hydroxylation is 1. The molecule has 0 bridgehead atoms. The second-order valence-corrected chi connectivity index (χ2v) is 5.57. The van der Waals surface area contributed by atoms with E-state index < -0.39 is 0 Å². The van der Waals surface area contributed by atoms with Gasteiger partial charge in [0.25, 0.3) is 5.56 Å². The number of H-pyrrole nitrogens is 1. The predicted octanol–water partition coefficient (Wildman–Crippen LogP) is 4.11. The summed E-state index contributed by atoms with van der Waals surface area (Å²) in [5.41, 5.74) is 2.70. The minimum atomic E-state index is -0.337. The minimum Gasteiger partial charge on any atom is -0.267 e. The molecule has 6 heteroatoms. The molecule has 22 heavy (non-hydrogen) atoms. The van der Waals surface area contributed by atoms with Gasteiger partial charge in [-0.25, -0.2) is 5.10 Å². The number of benzene rings is 1. The van der Waals surface area contributed by atoms with Crippen molar-refractivity contribution in [2.24, 2.45) is 0 Å². The zero-order chi connectivity index (χ0) is 15.7. The molecule has 0 spiro atoms. The van der Waals surface area contributed by atoms with Crippen LogP contribution in [-0.4, -0.2) is 15.2 Å². The molecule has 2 aromatic heterocycles. The quantitative estimate of drug-likeness (QED) is 0.768. The van der Waals surface area contributed by atoms with Crippen LogP contribution in [0.5, 0.6) is 0 Å². The van der Waals surface area contributed by atoms with E-state index in [1.165, 1.54) is 0 Å². The molecule has 0 aliphatic heterocycles. The lowest BCUT2D eigenvalue weighted by Gasteiger charge is -2.11. The normalized spacial score (nSPS) is 10.7. The summed E-state index contributed by atoms with van der Waals surface area (Å²) in [6.07, 6.45) is 1.60. The largest absolute Gasteiger partial charge is 0.274 e. The minimum absolute atomic E-state index is 0.337. The van der Waals surface area contributed by atoms with Crippen molar-refractivity contribution in [3.05, 3.63) is 68.7 Å². The summed E-state index contributed by atoms with van der Waals surface area (Å²) < 4.78 is 0. The van der Waals surface area contributed by atoms with Crippen molar-refractivity contribution in [2.75, 3.05) is 0 Å². The first-order valence-electron chi connectivity index (χ1n) is 6.54. The number of pyridine rings is 1. The summed E-state index contributed by atoms with van der Waals surface area (Å²) >= 11 is 12.1. The molecule has 2 heterocycles. The summed E-state index contributed by atoms with van der Waals surface area (Å²) in [6, 6.07) is 10.6. The average molecular weight is 332 g/mol. The molecule has 0 unspecified atom stereocenters. The van der Waals surface area contributed by atoms with E-state index in [1.807, 2.05) is 19.1 Å². The topological polar surface area (TPSA) is 58.6 Å². The highest BCUT2D eigenvalue weighted by Crippen LogP contribution is 2.33. The molecule has 3 aromatic rings. The molecule has 0 atom stereocenters. The number of nitrogens with zero attached hydrogens (tertiary/aromatic N) is 2. The first-order valence-corrected chi connectivity index (χ1v) is 7.29. The summed E-state index contributed by atoms with van der Waals surface area (Å²) in [5, 5.41) is 7.57. The Hall–Kier alpha value is -2.17. The van der Waals surface area contributed by atoms with Crippen LogP contribution in [0.1, 0.15) is 5.69 Å². The maximum atomic E-state index is 12.3. The van der Waals surface area contributed by atoms with Gasteiger partial charge in [0, 0.05) is 16.8 Å². The highest BCUT2D eigenvalue weighted by Gasteiger charge is 2.18. The fraction of sp³-hybridized carbons (Fsp3) is 0.0625. The van der Waals surface area contributed by atoms with E-state index in [2.05, 4.69) is 15.2 Å². The molecule has 1 aromatic carbocycles. The van der Waals surface area contributed by atoms with Gasteiger partial charge < -0.3 is 0 Å². The summed E-state index contributed by atoms with van der Waals surface area (Å²) in [6.45, 7) is 1.82. The third-order valence-electron chi connectivity index (χ3n) is 3.29. The number of nitrogens with one attached hydrogen (secondary N) is 1. The fourth-order valence-electron chi connectivity index (χ4n) is 2.31. The molecule has 3 rings (SSSR count). The van der Waals surface area contributed by atoms with Crippen molar-refractivity contribution in [3.8, 4) is 22.4 Å². The van der Waals surface area contributed by atoms with Crippen LogP contribution in [0.4, 0.5) is 0 Å². The predicted molar refractivity (Wildman–Crippen MR) is 88.3 cm³/mol. The third-order valence-corrected chi connectivity index (χ3v) is 3.85. The molecule has 0 amide bonds. The number of halogens is 2. The van der Waals surface area contributed by atoms with Gasteiger partial charge in [-0.15, -0.1) is 0 Å². The van der Waals surface area contributed by atoms with Crippen LogP contribution in [0.2, 0.25) is 10.0 Å². The van der Waals surface area contributed by atoms with Crippen LogP contribution < -0.4 is 5.56 Å². The van der Waals surface area contributed by atoms with Crippen LogP contribution in [0.15, 0.2) is 47.4 Å². The Kier molecular flexibility index (Phi) is 3.96. The second kappa shape index (κ2) is 5.91. The van der Waals surface area contributed by atoms with E-state index in [-0.39, 0.29) is 5.56 Å². The van der Waals surface area contributed by atoms with Gasteiger partial charge in [-0.3, -0.25) is 9.78 Å². The van der Waals surface area contributed by atoms with Crippen LogP contribution in [0.3, 0.4) is 0 Å². The molecule has 0 saturated heterocycles. The molecule has 0 saturated carbocycles. The number of hydrogen-bond acceptors (Lipinski definition) is 3. The molecule has 110 valence electrons. The average Bonchev–Trinajstić information content (AvgIpc) is 2.51. The maximum Gasteiger partial charge on any atom is 0.274 e. The number of aromatic amines is 1. The lowest BCUT2D eigenvalue weighted by Crippen LogP contribution is -2.15. The van der Waals surface area contributed by atoms with Gasteiger partial charge in [-0.1, -0.05) is 35.3 Å². The number of hydrogen-bond donors (Lipinski definition) is 1. The molecule has 0 aliphatic carbocycles. The molecule has 4 nitrogen and oxygen atoms in total. The third kappa shape index (κ3) is 2.63. The Morgan fingerprint density at radius 1 is 1.05 bits per heavy atom. The van der Waals surface area contributed by atoms with Crippen molar-refractivity contribution in [1.29, 1.82) is 0 Å². The van der Waals surface area contributed by atoms with Gasteiger partial charge in [0.2, 0.25) is 0 Å². The van der Waals surface area contributed by atoms with Gasteiger partial charge in [-0.05, 0) is 36.8 Å². The van der Waals surface area contributed by atoms with E-state index in [0.29, 0.717) is 32.6 Å². The number of aromatic nitrogens is 3. The zero-order valence-electron chi connectivity index (χ0n) is 11.6. The van der Waals surface area contributed by atoms with Crippen LogP contribution in [-0.2, 0) is 0 Å². The van der Waals surface area contributed by atoms with E-state index in [0.717, 1.165) is 5.56 Å². The van der Waals surface area contributed by atoms with Crippen molar-refractivity contribution in [2.45, 2.75) is 6.92 Å². The standard InChI is InChI=1S/C16H11Cl2N3O/c1-9-13(10-4-6-11(17)7-5-10)14(16(22)21-20-9)15-12(18)3-2-8-19-15/h2-8H,1H3,(H,21,22). The monoisotopic (exact) mass is 331 g/mol. The van der Waals surface area contributed by atoms with Gasteiger partial charge in [-0.2, -0.15) is 5.10 Å². The SMILES string of the molecule is Cc1n[nH]c(=O)c(-c2ncccc2Cl)c1-c1ccc(Cl)cc1. The second-order valence-electron chi connectivity index (χ2n) is 4.73. The van der Waals surface area contributed by atoms with E-state index in [9.17, 15) is 4.79 Å². The Morgan fingerprint density at radius 2 is 1.77 bits per heavy atom.